The van der Waals surface area contributed by atoms with Crippen LogP contribution in [-0.4, -0.2) is 54.8 Å². The van der Waals surface area contributed by atoms with Gasteiger partial charge in [-0.1, -0.05) is 6.07 Å². The standard InChI is InChI=1S/C14H21N3O3/c15-11-3-1-4-13(7-11)20-10-12(18)8-17-6-2-5-16-14(19)9-17/h1,3-4,7,12,18H,2,5-6,8-10,15H2,(H,16,19). The first-order valence-electron chi connectivity index (χ1n) is 6.79. The molecule has 0 aromatic heterocycles. The molecule has 1 heterocycles. The lowest BCUT2D eigenvalue weighted by molar-refractivity contribution is -0.121. The molecule has 0 aliphatic carbocycles. The molecular weight excluding hydrogens is 258 g/mol. The Balaban J connectivity index is 1.77. The Kier molecular flexibility index (Phi) is 5.20. The zero-order valence-corrected chi connectivity index (χ0v) is 11.4. The SMILES string of the molecule is Nc1cccc(OCC(O)CN2CCCNC(=O)C2)c1. The number of nitrogen functional groups attached to an aromatic ring is 1. The summed E-state index contributed by atoms with van der Waals surface area (Å²) in [7, 11) is 0. The minimum Gasteiger partial charge on any atom is -0.491 e. The summed E-state index contributed by atoms with van der Waals surface area (Å²) in [5.41, 5.74) is 6.28. The van der Waals surface area contributed by atoms with Crippen LogP contribution >= 0.6 is 0 Å². The van der Waals surface area contributed by atoms with E-state index >= 15 is 0 Å². The predicted octanol–water partition coefficient (Wildman–Crippen LogP) is -0.170. The topological polar surface area (TPSA) is 87.8 Å². The molecule has 20 heavy (non-hydrogen) atoms. The molecule has 2 rings (SSSR count). The molecule has 0 radical (unpaired) electrons. The van der Waals surface area contributed by atoms with Gasteiger partial charge in [0.05, 0.1) is 6.54 Å². The molecule has 1 aromatic rings. The number of β-amino-alcohol motifs (C(OH)–C–C–N with tert-alkyl or cyclic N) is 1. The number of hydrogen-bond acceptors (Lipinski definition) is 5. The third-order valence-corrected chi connectivity index (χ3v) is 3.11. The minimum atomic E-state index is -0.637. The monoisotopic (exact) mass is 279 g/mol. The van der Waals surface area contributed by atoms with E-state index in [1.807, 2.05) is 4.90 Å². The number of nitrogens with one attached hydrogen (secondary N) is 1. The average molecular weight is 279 g/mol. The average Bonchev–Trinajstić information content (AvgIpc) is 2.61. The van der Waals surface area contributed by atoms with Gasteiger partial charge in [0, 0.05) is 31.4 Å². The summed E-state index contributed by atoms with van der Waals surface area (Å²) in [6, 6.07) is 7.09. The number of carbonyl (C=O) groups is 1. The van der Waals surface area contributed by atoms with E-state index in [-0.39, 0.29) is 12.5 Å². The van der Waals surface area contributed by atoms with Crippen molar-refractivity contribution in [3.05, 3.63) is 24.3 Å². The van der Waals surface area contributed by atoms with Crippen LogP contribution in [0.5, 0.6) is 5.75 Å². The number of anilines is 1. The van der Waals surface area contributed by atoms with E-state index < -0.39 is 6.10 Å². The summed E-state index contributed by atoms with van der Waals surface area (Å²) in [6.45, 7) is 2.44. The molecule has 1 atom stereocenters. The fraction of sp³-hybridized carbons (Fsp3) is 0.500. The summed E-state index contributed by atoms with van der Waals surface area (Å²) < 4.78 is 5.49. The van der Waals surface area contributed by atoms with Gasteiger partial charge in [0.1, 0.15) is 18.5 Å². The van der Waals surface area contributed by atoms with Crippen LogP contribution in [0.4, 0.5) is 5.69 Å². The molecule has 1 aliphatic heterocycles. The molecule has 1 amide bonds. The first kappa shape index (κ1) is 14.6. The van der Waals surface area contributed by atoms with Crippen LogP contribution in [0.3, 0.4) is 0 Å². The summed E-state index contributed by atoms with van der Waals surface area (Å²) in [5.74, 6) is 0.643. The normalized spacial score (nSPS) is 18.1. The highest BCUT2D eigenvalue weighted by Gasteiger charge is 2.17. The molecule has 110 valence electrons. The third kappa shape index (κ3) is 4.71. The van der Waals surface area contributed by atoms with Crippen molar-refractivity contribution in [1.82, 2.24) is 10.2 Å². The molecule has 1 aromatic carbocycles. The predicted molar refractivity (Wildman–Crippen MR) is 76.4 cm³/mol. The Morgan fingerprint density at radius 3 is 3.15 bits per heavy atom. The van der Waals surface area contributed by atoms with E-state index in [2.05, 4.69) is 5.32 Å². The van der Waals surface area contributed by atoms with Gasteiger partial charge in [0.25, 0.3) is 0 Å². The first-order valence-corrected chi connectivity index (χ1v) is 6.79. The number of carbonyl (C=O) groups excluding carboxylic acids is 1. The van der Waals surface area contributed by atoms with Crippen molar-refractivity contribution in [1.29, 1.82) is 0 Å². The van der Waals surface area contributed by atoms with Gasteiger partial charge in [-0.2, -0.15) is 0 Å². The molecule has 6 nitrogen and oxygen atoms in total. The smallest absolute Gasteiger partial charge is 0.234 e. The molecule has 1 unspecified atom stereocenters. The van der Waals surface area contributed by atoms with Crippen molar-refractivity contribution in [3.63, 3.8) is 0 Å². The van der Waals surface area contributed by atoms with Crippen molar-refractivity contribution in [2.75, 3.05) is 38.5 Å². The highest BCUT2D eigenvalue weighted by molar-refractivity contribution is 5.78. The summed E-state index contributed by atoms with van der Waals surface area (Å²) in [5, 5.41) is 12.8. The van der Waals surface area contributed by atoms with E-state index in [0.717, 1.165) is 13.0 Å². The number of hydrogen-bond donors (Lipinski definition) is 3. The van der Waals surface area contributed by atoms with Crippen molar-refractivity contribution < 1.29 is 14.6 Å². The van der Waals surface area contributed by atoms with E-state index in [1.165, 1.54) is 0 Å². The van der Waals surface area contributed by atoms with Gasteiger partial charge in [-0.05, 0) is 18.6 Å². The second kappa shape index (κ2) is 7.12. The van der Waals surface area contributed by atoms with Crippen LogP contribution in [0.1, 0.15) is 6.42 Å². The van der Waals surface area contributed by atoms with Gasteiger partial charge in [-0.25, -0.2) is 0 Å². The zero-order valence-electron chi connectivity index (χ0n) is 11.4. The summed E-state index contributed by atoms with van der Waals surface area (Å²) in [6.07, 6.45) is 0.261. The van der Waals surface area contributed by atoms with Crippen molar-refractivity contribution >= 4 is 11.6 Å². The molecule has 6 heteroatoms. The number of ether oxygens (including phenoxy) is 1. The Bertz CT molecular complexity index is 453. The van der Waals surface area contributed by atoms with Crippen LogP contribution in [0.2, 0.25) is 0 Å². The molecule has 1 aliphatic rings. The van der Waals surface area contributed by atoms with Crippen LogP contribution < -0.4 is 15.8 Å². The molecule has 0 spiro atoms. The van der Waals surface area contributed by atoms with Gasteiger partial charge in [0.2, 0.25) is 5.91 Å². The summed E-state index contributed by atoms with van der Waals surface area (Å²) >= 11 is 0. The van der Waals surface area contributed by atoms with Crippen LogP contribution in [0.25, 0.3) is 0 Å². The quantitative estimate of drug-likeness (QED) is 0.651. The van der Waals surface area contributed by atoms with Gasteiger partial charge in [-0.15, -0.1) is 0 Å². The van der Waals surface area contributed by atoms with Gasteiger partial charge in [-0.3, -0.25) is 9.69 Å². The van der Waals surface area contributed by atoms with E-state index in [0.29, 0.717) is 31.1 Å². The number of nitrogens with zero attached hydrogens (tertiary/aromatic N) is 1. The molecule has 1 fully saturated rings. The Hall–Kier alpha value is -1.79. The molecular formula is C14H21N3O3. The maximum Gasteiger partial charge on any atom is 0.234 e. The van der Waals surface area contributed by atoms with Crippen molar-refractivity contribution in [3.8, 4) is 5.75 Å². The van der Waals surface area contributed by atoms with E-state index in [4.69, 9.17) is 10.5 Å². The van der Waals surface area contributed by atoms with Gasteiger partial charge in [0.15, 0.2) is 0 Å². The number of nitrogens with two attached hydrogens (primary N) is 1. The molecule has 4 N–H and O–H groups in total. The van der Waals surface area contributed by atoms with Crippen molar-refractivity contribution in [2.24, 2.45) is 0 Å². The maximum absolute atomic E-state index is 11.4. The Morgan fingerprint density at radius 2 is 2.35 bits per heavy atom. The third-order valence-electron chi connectivity index (χ3n) is 3.11. The lowest BCUT2D eigenvalue weighted by Crippen LogP contribution is -2.39. The number of aliphatic hydroxyl groups is 1. The maximum atomic E-state index is 11.4. The fourth-order valence-electron chi connectivity index (χ4n) is 2.17. The first-order chi connectivity index (χ1) is 9.63. The summed E-state index contributed by atoms with van der Waals surface area (Å²) in [4.78, 5) is 13.4. The highest BCUT2D eigenvalue weighted by atomic mass is 16.5. The van der Waals surface area contributed by atoms with E-state index in [9.17, 15) is 9.90 Å². The Labute approximate surface area is 118 Å². The highest BCUT2D eigenvalue weighted by Crippen LogP contribution is 2.14. The van der Waals surface area contributed by atoms with Crippen molar-refractivity contribution in [2.45, 2.75) is 12.5 Å². The largest absolute Gasteiger partial charge is 0.491 e. The number of rotatable bonds is 5. The van der Waals surface area contributed by atoms with Gasteiger partial charge >= 0.3 is 0 Å². The fourth-order valence-corrected chi connectivity index (χ4v) is 2.17. The lowest BCUT2D eigenvalue weighted by atomic mass is 10.3. The van der Waals surface area contributed by atoms with E-state index in [1.54, 1.807) is 24.3 Å². The Morgan fingerprint density at radius 1 is 1.50 bits per heavy atom. The molecule has 0 saturated carbocycles. The number of aliphatic hydroxyl groups excluding tert-OH is 1. The van der Waals surface area contributed by atoms with Gasteiger partial charge < -0.3 is 20.9 Å². The van der Waals surface area contributed by atoms with Crippen LogP contribution in [0.15, 0.2) is 24.3 Å². The second-order valence-corrected chi connectivity index (χ2v) is 4.98. The minimum absolute atomic E-state index is 0.00597. The molecule has 1 saturated heterocycles. The lowest BCUT2D eigenvalue weighted by Gasteiger charge is -2.22. The number of amides is 1. The number of benzene rings is 1. The van der Waals surface area contributed by atoms with Crippen LogP contribution in [-0.2, 0) is 4.79 Å². The second-order valence-electron chi connectivity index (χ2n) is 4.98. The molecule has 0 bridgehead atoms. The zero-order chi connectivity index (χ0) is 14.4. The van der Waals surface area contributed by atoms with Crippen LogP contribution in [0, 0.1) is 0 Å².